The van der Waals surface area contributed by atoms with E-state index in [0.717, 1.165) is 35.4 Å². The van der Waals surface area contributed by atoms with Crippen LogP contribution in [0.5, 0.6) is 0 Å². The normalized spacial score (nSPS) is 31.1. The van der Waals surface area contributed by atoms with E-state index in [4.69, 9.17) is 0 Å². The molecule has 3 nitrogen and oxygen atoms in total. The van der Waals surface area contributed by atoms with Crippen LogP contribution in [0.15, 0.2) is 35.4 Å². The quantitative estimate of drug-likeness (QED) is 0.563. The summed E-state index contributed by atoms with van der Waals surface area (Å²) in [6.45, 7) is 4.00. The summed E-state index contributed by atoms with van der Waals surface area (Å²) in [4.78, 5) is 26.8. The number of amides is 2. The molecule has 0 aromatic heterocycles. The van der Waals surface area contributed by atoms with Crippen molar-refractivity contribution in [3.8, 4) is 0 Å². The zero-order valence-corrected chi connectivity index (χ0v) is 13.9. The van der Waals surface area contributed by atoms with Crippen molar-refractivity contribution in [2.45, 2.75) is 32.9 Å². The summed E-state index contributed by atoms with van der Waals surface area (Å²) < 4.78 is 38.9. The van der Waals surface area contributed by atoms with E-state index in [0.29, 0.717) is 0 Å². The van der Waals surface area contributed by atoms with Crippen LogP contribution in [0.3, 0.4) is 0 Å². The maximum Gasteiger partial charge on any atom is 0.416 e. The number of halogens is 3. The molecule has 2 aliphatic carbocycles. The predicted octanol–water partition coefficient (Wildman–Crippen LogP) is 4.19. The highest BCUT2D eigenvalue weighted by molar-refractivity contribution is 6.23. The van der Waals surface area contributed by atoms with Crippen LogP contribution in [0, 0.1) is 23.7 Å². The van der Waals surface area contributed by atoms with Gasteiger partial charge in [0.15, 0.2) is 0 Å². The minimum absolute atomic E-state index is 0.0253. The second-order valence-corrected chi connectivity index (χ2v) is 7.36. The molecule has 6 heteroatoms. The number of rotatable bonds is 1. The third-order valence-corrected chi connectivity index (χ3v) is 5.86. The molecule has 1 heterocycles. The number of allylic oxidation sites excluding steroid dienone is 2. The van der Waals surface area contributed by atoms with Gasteiger partial charge >= 0.3 is 6.18 Å². The van der Waals surface area contributed by atoms with Crippen molar-refractivity contribution >= 4 is 17.5 Å². The molecule has 0 unspecified atom stereocenters. The van der Waals surface area contributed by atoms with Crippen LogP contribution >= 0.6 is 0 Å². The lowest BCUT2D eigenvalue weighted by Gasteiger charge is -2.20. The number of imide groups is 1. The number of alkyl halides is 3. The number of nitrogens with zero attached hydrogens (tertiary/aromatic N) is 1. The molecule has 0 N–H and O–H groups in total. The summed E-state index contributed by atoms with van der Waals surface area (Å²) in [6.07, 6.45) is -2.75. The first-order chi connectivity index (χ1) is 11.7. The Morgan fingerprint density at radius 3 is 2.08 bits per heavy atom. The molecule has 4 rings (SSSR count). The SMILES string of the molecule is CC(C)=C1[C@H]2CC[C@@H]1[C@@H]1C(=O)N(c3cccc(C(F)(F)F)c3)C(=O)[C@H]12. The van der Waals surface area contributed by atoms with Crippen molar-refractivity contribution in [3.05, 3.63) is 41.0 Å². The van der Waals surface area contributed by atoms with E-state index in [9.17, 15) is 22.8 Å². The highest BCUT2D eigenvalue weighted by atomic mass is 19.4. The maximum atomic E-state index is 13.0. The van der Waals surface area contributed by atoms with Crippen LogP contribution in [0.4, 0.5) is 18.9 Å². The van der Waals surface area contributed by atoms with E-state index >= 15 is 0 Å². The van der Waals surface area contributed by atoms with Crippen LogP contribution in [0.2, 0.25) is 0 Å². The molecule has 4 atom stereocenters. The van der Waals surface area contributed by atoms with Crippen molar-refractivity contribution in [2.24, 2.45) is 23.7 Å². The average Bonchev–Trinajstić information content (AvgIpc) is 3.17. The van der Waals surface area contributed by atoms with E-state index in [1.165, 1.54) is 17.7 Å². The van der Waals surface area contributed by atoms with Crippen LogP contribution in [0.1, 0.15) is 32.3 Å². The largest absolute Gasteiger partial charge is 0.416 e. The molecule has 2 saturated carbocycles. The van der Waals surface area contributed by atoms with Gasteiger partial charge in [-0.15, -0.1) is 0 Å². The summed E-state index contributed by atoms with van der Waals surface area (Å²) in [5.41, 5.74) is 1.56. The van der Waals surface area contributed by atoms with Gasteiger partial charge in [-0.2, -0.15) is 13.2 Å². The van der Waals surface area contributed by atoms with Crippen LogP contribution in [-0.2, 0) is 15.8 Å². The molecule has 132 valence electrons. The Bertz CT molecular complexity index is 775. The Hall–Kier alpha value is -2.11. The van der Waals surface area contributed by atoms with Gasteiger partial charge in [-0.25, -0.2) is 0 Å². The molecular weight excluding hydrogens is 331 g/mol. The minimum Gasteiger partial charge on any atom is -0.274 e. The van der Waals surface area contributed by atoms with Gasteiger partial charge in [0.2, 0.25) is 11.8 Å². The fourth-order valence-corrected chi connectivity index (χ4v) is 5.07. The number of benzene rings is 1. The molecule has 1 aromatic carbocycles. The molecular formula is C19H18F3NO2. The standard InChI is InChI=1S/C19H18F3NO2/c1-9(2)14-12-6-7-13(14)16-15(12)17(24)23(18(16)25)11-5-3-4-10(8-11)19(20,21)22/h3-5,8,12-13,15-16H,6-7H2,1-2H3/t12-,13+,15-,16-/m0/s1. The summed E-state index contributed by atoms with van der Waals surface area (Å²) in [7, 11) is 0. The topological polar surface area (TPSA) is 37.4 Å². The average molecular weight is 349 g/mol. The fraction of sp³-hybridized carbons (Fsp3) is 0.474. The zero-order chi connectivity index (χ0) is 18.1. The number of carbonyl (C=O) groups is 2. The Labute approximate surface area is 143 Å². The fourth-order valence-electron chi connectivity index (χ4n) is 5.07. The molecule has 3 fully saturated rings. The third-order valence-electron chi connectivity index (χ3n) is 5.86. The summed E-state index contributed by atoms with van der Waals surface area (Å²) in [6, 6.07) is 4.47. The van der Waals surface area contributed by atoms with E-state index < -0.39 is 23.6 Å². The third kappa shape index (κ3) is 2.19. The van der Waals surface area contributed by atoms with E-state index in [1.807, 2.05) is 13.8 Å². The number of fused-ring (bicyclic) bond motifs is 5. The van der Waals surface area contributed by atoms with E-state index in [-0.39, 0.29) is 29.3 Å². The van der Waals surface area contributed by atoms with Gasteiger partial charge in [-0.05, 0) is 56.7 Å². The lowest BCUT2D eigenvalue weighted by molar-refractivity contribution is -0.137. The Balaban J connectivity index is 1.74. The van der Waals surface area contributed by atoms with Crippen molar-refractivity contribution < 1.29 is 22.8 Å². The van der Waals surface area contributed by atoms with Crippen LogP contribution < -0.4 is 4.90 Å². The molecule has 1 saturated heterocycles. The molecule has 1 aliphatic heterocycles. The Kier molecular flexibility index (Phi) is 3.40. The van der Waals surface area contributed by atoms with Gasteiger partial charge in [0.25, 0.3) is 0 Å². The number of anilines is 1. The Morgan fingerprint density at radius 2 is 1.60 bits per heavy atom. The molecule has 25 heavy (non-hydrogen) atoms. The van der Waals surface area contributed by atoms with Gasteiger partial charge in [-0.3, -0.25) is 14.5 Å². The van der Waals surface area contributed by atoms with Crippen molar-refractivity contribution in [1.82, 2.24) is 0 Å². The van der Waals surface area contributed by atoms with Gasteiger partial charge in [0.05, 0.1) is 23.1 Å². The summed E-state index contributed by atoms with van der Waals surface area (Å²) in [5.74, 6) is -1.39. The monoisotopic (exact) mass is 349 g/mol. The highest BCUT2D eigenvalue weighted by Crippen LogP contribution is 2.60. The Morgan fingerprint density at radius 1 is 1.04 bits per heavy atom. The van der Waals surface area contributed by atoms with Gasteiger partial charge in [0, 0.05) is 0 Å². The van der Waals surface area contributed by atoms with Crippen LogP contribution in [-0.4, -0.2) is 11.8 Å². The van der Waals surface area contributed by atoms with Gasteiger partial charge < -0.3 is 0 Å². The van der Waals surface area contributed by atoms with Gasteiger partial charge in [-0.1, -0.05) is 17.2 Å². The first kappa shape index (κ1) is 16.4. The second-order valence-electron chi connectivity index (χ2n) is 7.36. The first-order valence-electron chi connectivity index (χ1n) is 8.44. The first-order valence-corrected chi connectivity index (χ1v) is 8.44. The summed E-state index contributed by atoms with van der Waals surface area (Å²) >= 11 is 0. The van der Waals surface area contributed by atoms with Crippen molar-refractivity contribution in [3.63, 3.8) is 0 Å². The van der Waals surface area contributed by atoms with Crippen LogP contribution in [0.25, 0.3) is 0 Å². The molecule has 2 bridgehead atoms. The lowest BCUT2D eigenvalue weighted by Crippen LogP contribution is -2.33. The molecule has 3 aliphatic rings. The van der Waals surface area contributed by atoms with Crippen molar-refractivity contribution in [2.75, 3.05) is 4.90 Å². The molecule has 0 spiro atoms. The summed E-state index contributed by atoms with van der Waals surface area (Å²) in [5, 5.41) is 0. The van der Waals surface area contributed by atoms with E-state index in [2.05, 4.69) is 0 Å². The maximum absolute atomic E-state index is 13.0. The number of hydrogen-bond donors (Lipinski definition) is 0. The second kappa shape index (κ2) is 5.19. The zero-order valence-electron chi connectivity index (χ0n) is 13.9. The van der Waals surface area contributed by atoms with Gasteiger partial charge in [0.1, 0.15) is 0 Å². The lowest BCUT2D eigenvalue weighted by atomic mass is 9.81. The predicted molar refractivity (Wildman–Crippen MR) is 85.5 cm³/mol. The molecule has 2 amide bonds. The van der Waals surface area contributed by atoms with E-state index in [1.54, 1.807) is 0 Å². The molecule has 0 radical (unpaired) electrons. The number of carbonyl (C=O) groups excluding carboxylic acids is 2. The smallest absolute Gasteiger partial charge is 0.274 e. The number of hydrogen-bond acceptors (Lipinski definition) is 2. The van der Waals surface area contributed by atoms with Crippen molar-refractivity contribution in [1.29, 1.82) is 0 Å². The molecule has 1 aromatic rings. The minimum atomic E-state index is -4.51. The highest BCUT2D eigenvalue weighted by Gasteiger charge is 2.63.